The zero-order chi connectivity index (χ0) is 16.9. The zero-order valence-corrected chi connectivity index (χ0v) is 14.7. The van der Waals surface area contributed by atoms with Crippen molar-refractivity contribution in [2.24, 2.45) is 0 Å². The number of carbonyl (C=O) groups is 1. The molecule has 1 unspecified atom stereocenters. The molecule has 0 spiro atoms. The van der Waals surface area contributed by atoms with E-state index in [0.717, 1.165) is 29.2 Å². The predicted molar refractivity (Wildman–Crippen MR) is 98.5 cm³/mol. The molecule has 4 heteroatoms. The molecular weight excluding hydrogens is 320 g/mol. The summed E-state index contributed by atoms with van der Waals surface area (Å²) >= 11 is 6.41. The second-order valence-corrected chi connectivity index (χ2v) is 6.77. The number of hydrogen-bond donors (Lipinski definition) is 1. The number of halogens is 1. The Kier molecular flexibility index (Phi) is 5.54. The van der Waals surface area contributed by atoms with Crippen molar-refractivity contribution >= 4 is 17.5 Å². The van der Waals surface area contributed by atoms with Gasteiger partial charge in [0.1, 0.15) is 0 Å². The number of carbonyl (C=O) groups excluding carboxylic acids is 1. The van der Waals surface area contributed by atoms with Crippen LogP contribution in [0.15, 0.2) is 48.5 Å². The van der Waals surface area contributed by atoms with Crippen molar-refractivity contribution in [3.8, 4) is 0 Å². The first-order valence-corrected chi connectivity index (χ1v) is 8.86. The highest BCUT2D eigenvalue weighted by molar-refractivity contribution is 6.31. The first kappa shape index (κ1) is 17.0. The van der Waals surface area contributed by atoms with E-state index < -0.39 is 0 Å². The lowest BCUT2D eigenvalue weighted by molar-refractivity contribution is 0.0938. The molecule has 0 aromatic heterocycles. The Morgan fingerprint density at radius 3 is 2.62 bits per heavy atom. The van der Waals surface area contributed by atoms with Crippen LogP contribution in [0.25, 0.3) is 0 Å². The van der Waals surface area contributed by atoms with Gasteiger partial charge in [0.05, 0.1) is 6.04 Å². The molecular formula is C20H23ClN2O. The Bertz CT molecular complexity index is 710. The van der Waals surface area contributed by atoms with Crippen LogP contribution in [-0.4, -0.2) is 30.4 Å². The second kappa shape index (κ2) is 7.82. The number of benzene rings is 2. The summed E-state index contributed by atoms with van der Waals surface area (Å²) in [4.78, 5) is 14.9. The molecule has 2 aromatic carbocycles. The van der Waals surface area contributed by atoms with Crippen molar-refractivity contribution in [3.63, 3.8) is 0 Å². The summed E-state index contributed by atoms with van der Waals surface area (Å²) in [6, 6.07) is 15.7. The van der Waals surface area contributed by atoms with Crippen LogP contribution in [0, 0.1) is 6.92 Å². The minimum Gasteiger partial charge on any atom is -0.350 e. The Morgan fingerprint density at radius 2 is 1.92 bits per heavy atom. The van der Waals surface area contributed by atoms with Crippen molar-refractivity contribution < 1.29 is 4.79 Å². The van der Waals surface area contributed by atoms with Gasteiger partial charge in [-0.1, -0.05) is 47.5 Å². The van der Waals surface area contributed by atoms with Crippen LogP contribution < -0.4 is 5.32 Å². The number of aryl methyl sites for hydroxylation is 1. The van der Waals surface area contributed by atoms with Gasteiger partial charge in [0.25, 0.3) is 5.91 Å². The lowest BCUT2D eigenvalue weighted by Crippen LogP contribution is -2.37. The Hall–Kier alpha value is -1.84. The molecule has 3 nitrogen and oxygen atoms in total. The van der Waals surface area contributed by atoms with Gasteiger partial charge in [-0.3, -0.25) is 9.69 Å². The van der Waals surface area contributed by atoms with Crippen LogP contribution in [0.1, 0.15) is 40.4 Å². The van der Waals surface area contributed by atoms with Gasteiger partial charge < -0.3 is 5.32 Å². The smallest absolute Gasteiger partial charge is 0.251 e. The quantitative estimate of drug-likeness (QED) is 0.882. The van der Waals surface area contributed by atoms with E-state index in [0.29, 0.717) is 12.1 Å². The molecule has 1 aliphatic rings. The number of rotatable bonds is 5. The van der Waals surface area contributed by atoms with E-state index in [-0.39, 0.29) is 11.9 Å². The van der Waals surface area contributed by atoms with E-state index >= 15 is 0 Å². The summed E-state index contributed by atoms with van der Waals surface area (Å²) in [5, 5.41) is 3.85. The van der Waals surface area contributed by atoms with Crippen LogP contribution in [-0.2, 0) is 0 Å². The van der Waals surface area contributed by atoms with Gasteiger partial charge in [-0.25, -0.2) is 0 Å². The molecule has 1 saturated heterocycles. The molecule has 0 radical (unpaired) electrons. The van der Waals surface area contributed by atoms with E-state index in [1.807, 2.05) is 49.4 Å². The minimum absolute atomic E-state index is 0.0325. The monoisotopic (exact) mass is 342 g/mol. The molecule has 1 fully saturated rings. The second-order valence-electron chi connectivity index (χ2n) is 6.36. The van der Waals surface area contributed by atoms with Crippen molar-refractivity contribution in [1.29, 1.82) is 0 Å². The number of nitrogens with zero attached hydrogens (tertiary/aromatic N) is 1. The number of hydrogen-bond acceptors (Lipinski definition) is 2. The summed E-state index contributed by atoms with van der Waals surface area (Å²) in [7, 11) is 0. The number of likely N-dealkylation sites (tertiary alicyclic amines) is 1. The fourth-order valence-electron chi connectivity index (χ4n) is 3.31. The highest BCUT2D eigenvalue weighted by Crippen LogP contribution is 2.29. The van der Waals surface area contributed by atoms with E-state index in [1.165, 1.54) is 12.8 Å². The normalized spacial score (nSPS) is 16.1. The average molecular weight is 343 g/mol. The van der Waals surface area contributed by atoms with Gasteiger partial charge in [-0.2, -0.15) is 0 Å². The maximum Gasteiger partial charge on any atom is 0.251 e. The molecule has 3 rings (SSSR count). The van der Waals surface area contributed by atoms with Crippen molar-refractivity contribution in [3.05, 3.63) is 70.2 Å². The molecule has 24 heavy (non-hydrogen) atoms. The maximum atomic E-state index is 12.5. The van der Waals surface area contributed by atoms with Gasteiger partial charge >= 0.3 is 0 Å². The third-order valence-corrected chi connectivity index (χ3v) is 4.93. The van der Waals surface area contributed by atoms with Crippen LogP contribution in [0.3, 0.4) is 0 Å². The molecule has 126 valence electrons. The minimum atomic E-state index is -0.0325. The molecule has 1 N–H and O–H groups in total. The van der Waals surface area contributed by atoms with Crippen molar-refractivity contribution in [2.45, 2.75) is 25.8 Å². The van der Waals surface area contributed by atoms with Gasteiger partial charge in [-0.15, -0.1) is 0 Å². The molecule has 0 bridgehead atoms. The van der Waals surface area contributed by atoms with Crippen LogP contribution in [0.2, 0.25) is 5.02 Å². The first-order valence-electron chi connectivity index (χ1n) is 8.48. The van der Waals surface area contributed by atoms with E-state index in [9.17, 15) is 4.79 Å². The SMILES string of the molecule is Cc1cccc(C(=O)NCC(c2ccccc2Cl)N2CCCC2)c1. The predicted octanol–water partition coefficient (Wildman–Crippen LogP) is 4.22. The summed E-state index contributed by atoms with van der Waals surface area (Å²) in [5.41, 5.74) is 2.88. The number of nitrogens with one attached hydrogen (secondary N) is 1. The van der Waals surface area contributed by atoms with Gasteiger partial charge in [-0.05, 0) is 56.6 Å². The van der Waals surface area contributed by atoms with Crippen molar-refractivity contribution in [2.75, 3.05) is 19.6 Å². The molecule has 0 saturated carbocycles. The molecule has 2 aromatic rings. The lowest BCUT2D eigenvalue weighted by Gasteiger charge is -2.29. The molecule has 1 heterocycles. The van der Waals surface area contributed by atoms with Crippen LogP contribution in [0.4, 0.5) is 0 Å². The largest absolute Gasteiger partial charge is 0.350 e. The average Bonchev–Trinajstić information content (AvgIpc) is 3.11. The van der Waals surface area contributed by atoms with Crippen LogP contribution in [0.5, 0.6) is 0 Å². The fourth-order valence-corrected chi connectivity index (χ4v) is 3.57. The van der Waals surface area contributed by atoms with E-state index in [2.05, 4.69) is 16.3 Å². The van der Waals surface area contributed by atoms with Gasteiger partial charge in [0, 0.05) is 17.1 Å². The Morgan fingerprint density at radius 1 is 1.17 bits per heavy atom. The molecule has 1 aliphatic heterocycles. The Labute approximate surface area is 148 Å². The van der Waals surface area contributed by atoms with E-state index in [1.54, 1.807) is 0 Å². The summed E-state index contributed by atoms with van der Waals surface area (Å²) in [6.07, 6.45) is 2.40. The third kappa shape index (κ3) is 3.97. The molecule has 0 aliphatic carbocycles. The van der Waals surface area contributed by atoms with Gasteiger partial charge in [0.2, 0.25) is 0 Å². The first-order chi connectivity index (χ1) is 11.6. The maximum absolute atomic E-state index is 12.5. The van der Waals surface area contributed by atoms with Crippen LogP contribution >= 0.6 is 11.6 Å². The summed E-state index contributed by atoms with van der Waals surface area (Å²) < 4.78 is 0. The molecule has 1 amide bonds. The van der Waals surface area contributed by atoms with Crippen molar-refractivity contribution in [1.82, 2.24) is 10.2 Å². The van der Waals surface area contributed by atoms with Gasteiger partial charge in [0.15, 0.2) is 0 Å². The lowest BCUT2D eigenvalue weighted by atomic mass is 10.0. The third-order valence-electron chi connectivity index (χ3n) is 4.58. The summed E-state index contributed by atoms with van der Waals surface area (Å²) in [5.74, 6) is -0.0325. The number of amides is 1. The Balaban J connectivity index is 1.75. The fraction of sp³-hybridized carbons (Fsp3) is 0.350. The highest BCUT2D eigenvalue weighted by Gasteiger charge is 2.25. The molecule has 1 atom stereocenters. The topological polar surface area (TPSA) is 32.3 Å². The summed E-state index contributed by atoms with van der Waals surface area (Å²) in [6.45, 7) is 4.66. The zero-order valence-electron chi connectivity index (χ0n) is 14.0. The standard InChI is InChI=1S/C20H23ClN2O/c1-15-7-6-8-16(13-15)20(24)22-14-19(23-11-4-5-12-23)17-9-2-3-10-18(17)21/h2-3,6-10,13,19H,4-5,11-12,14H2,1H3,(H,22,24). The highest BCUT2D eigenvalue weighted by atomic mass is 35.5. The van der Waals surface area contributed by atoms with E-state index in [4.69, 9.17) is 11.6 Å².